The lowest BCUT2D eigenvalue weighted by atomic mass is 9.68. The molecular weight excluding hydrogens is 381 g/mol. The molecule has 30 heavy (non-hydrogen) atoms. The fourth-order valence-electron chi connectivity index (χ4n) is 5.79. The van der Waals surface area contributed by atoms with E-state index in [-0.39, 0.29) is 36.4 Å². The van der Waals surface area contributed by atoms with E-state index in [9.17, 15) is 14.0 Å². The number of nitrogens with zero attached hydrogens (tertiary/aromatic N) is 2. The van der Waals surface area contributed by atoms with Crippen LogP contribution in [0.1, 0.15) is 37.7 Å². The van der Waals surface area contributed by atoms with Gasteiger partial charge in [0.2, 0.25) is 5.91 Å². The Balaban J connectivity index is 1.34. The molecule has 3 aliphatic rings. The smallest absolute Gasteiger partial charge is 0.318 e. The molecule has 0 aromatic heterocycles. The average molecular weight is 407 g/mol. The molecule has 1 N–H and O–H groups in total. The maximum absolute atomic E-state index is 13.7. The number of carbonyl (C=O) groups is 2. The van der Waals surface area contributed by atoms with Crippen molar-refractivity contribution >= 4 is 17.6 Å². The molecule has 3 atom stereocenters. The van der Waals surface area contributed by atoms with E-state index in [1.807, 2.05) is 40.1 Å². The molecule has 3 saturated heterocycles. The van der Waals surface area contributed by atoms with Crippen LogP contribution in [0.3, 0.4) is 0 Å². The highest BCUT2D eigenvalue weighted by Crippen LogP contribution is 2.54. The summed E-state index contributed by atoms with van der Waals surface area (Å²) in [7, 11) is 0. The number of urea groups is 1. The Bertz CT molecular complexity index is 966. The number of rotatable bonds is 3. The number of hydrogen-bond donors (Lipinski definition) is 1. The summed E-state index contributed by atoms with van der Waals surface area (Å²) in [6.45, 7) is 1.01. The Morgan fingerprint density at radius 2 is 1.97 bits per heavy atom. The number of nitrogens with one attached hydrogen (secondary N) is 1. The lowest BCUT2D eigenvalue weighted by Crippen LogP contribution is -2.55. The number of fused-ring (bicyclic) bond motifs is 3. The Kier molecular flexibility index (Phi) is 4.72. The Labute approximate surface area is 175 Å². The highest BCUT2D eigenvalue weighted by atomic mass is 19.1. The first-order valence-electron chi connectivity index (χ1n) is 10.8. The molecule has 2 bridgehead atoms. The SMILES string of the molecule is O=C(NCc1cccc(F)c1)N1C2CCC1[C@]1(CCCN(c3ccccc3)C1=O)C2. The monoisotopic (exact) mass is 407 g/mol. The van der Waals surface area contributed by atoms with Crippen LogP contribution < -0.4 is 10.2 Å². The first-order valence-corrected chi connectivity index (χ1v) is 10.8. The summed E-state index contributed by atoms with van der Waals surface area (Å²) < 4.78 is 13.4. The first kappa shape index (κ1) is 19.1. The molecule has 156 valence electrons. The van der Waals surface area contributed by atoms with E-state index in [2.05, 4.69) is 5.32 Å². The average Bonchev–Trinajstić information content (AvgIpc) is 3.31. The van der Waals surface area contributed by atoms with Gasteiger partial charge in [-0.25, -0.2) is 9.18 Å². The highest BCUT2D eigenvalue weighted by molar-refractivity contribution is 6.00. The van der Waals surface area contributed by atoms with E-state index in [1.165, 1.54) is 12.1 Å². The van der Waals surface area contributed by atoms with Crippen LogP contribution in [0.5, 0.6) is 0 Å². The molecule has 2 aromatic carbocycles. The van der Waals surface area contributed by atoms with Gasteiger partial charge in [0.15, 0.2) is 0 Å². The van der Waals surface area contributed by atoms with E-state index in [0.29, 0.717) is 0 Å². The van der Waals surface area contributed by atoms with Crippen LogP contribution in [-0.2, 0) is 11.3 Å². The fourth-order valence-corrected chi connectivity index (χ4v) is 5.79. The third kappa shape index (κ3) is 3.06. The fraction of sp³-hybridized carbons (Fsp3) is 0.417. The van der Waals surface area contributed by atoms with Crippen LogP contribution in [-0.4, -0.2) is 35.5 Å². The van der Waals surface area contributed by atoms with Crippen LogP contribution in [0.4, 0.5) is 14.9 Å². The molecule has 3 amide bonds. The topological polar surface area (TPSA) is 52.7 Å². The van der Waals surface area contributed by atoms with Crippen molar-refractivity contribution in [2.75, 3.05) is 11.4 Å². The van der Waals surface area contributed by atoms with E-state index in [1.54, 1.807) is 12.1 Å². The molecule has 5 nitrogen and oxygen atoms in total. The molecule has 2 aromatic rings. The second kappa shape index (κ2) is 7.42. The number of piperidine rings is 1. The zero-order valence-electron chi connectivity index (χ0n) is 16.9. The molecule has 3 aliphatic heterocycles. The van der Waals surface area contributed by atoms with Crippen molar-refractivity contribution in [2.45, 2.75) is 50.7 Å². The van der Waals surface area contributed by atoms with Crippen LogP contribution >= 0.6 is 0 Å². The highest BCUT2D eigenvalue weighted by Gasteiger charge is 2.62. The van der Waals surface area contributed by atoms with E-state index >= 15 is 0 Å². The molecule has 6 heteroatoms. The molecular formula is C24H26FN3O2. The van der Waals surface area contributed by atoms with Gasteiger partial charge in [-0.15, -0.1) is 0 Å². The van der Waals surface area contributed by atoms with Gasteiger partial charge in [-0.2, -0.15) is 0 Å². The molecule has 0 aliphatic carbocycles. The van der Waals surface area contributed by atoms with Gasteiger partial charge < -0.3 is 15.1 Å². The van der Waals surface area contributed by atoms with Gasteiger partial charge in [0.05, 0.1) is 5.41 Å². The standard InChI is InChI=1S/C24H26FN3O2/c25-18-7-4-6-17(14-18)16-26-23(30)28-20-10-11-21(28)24(15-20)12-5-13-27(22(24)29)19-8-2-1-3-9-19/h1-4,6-9,14,20-21H,5,10-13,15-16H2,(H,26,30)/t20?,21?,24-/m0/s1. The third-order valence-corrected chi connectivity index (χ3v) is 7.05. The molecule has 5 rings (SSSR count). The second-order valence-electron chi connectivity index (χ2n) is 8.70. The van der Waals surface area contributed by atoms with Gasteiger partial charge in [0.1, 0.15) is 5.82 Å². The van der Waals surface area contributed by atoms with Crippen molar-refractivity contribution in [1.29, 1.82) is 0 Å². The summed E-state index contributed by atoms with van der Waals surface area (Å²) in [5, 5.41) is 2.94. The van der Waals surface area contributed by atoms with Gasteiger partial charge in [-0.1, -0.05) is 30.3 Å². The predicted molar refractivity (Wildman–Crippen MR) is 112 cm³/mol. The summed E-state index contributed by atoms with van der Waals surface area (Å²) in [5.74, 6) is -0.147. The van der Waals surface area contributed by atoms with Gasteiger partial charge >= 0.3 is 6.03 Å². The van der Waals surface area contributed by atoms with Crippen LogP contribution in [0.2, 0.25) is 0 Å². The normalized spacial score (nSPS) is 27.7. The Morgan fingerprint density at radius 3 is 2.77 bits per heavy atom. The summed E-state index contributed by atoms with van der Waals surface area (Å²) in [6.07, 6.45) is 4.34. The number of halogens is 1. The van der Waals surface area contributed by atoms with Crippen molar-refractivity contribution in [3.05, 3.63) is 66.0 Å². The minimum Gasteiger partial charge on any atom is -0.334 e. The number of amides is 3. The van der Waals surface area contributed by atoms with Crippen LogP contribution in [0.15, 0.2) is 54.6 Å². The molecule has 0 saturated carbocycles. The largest absolute Gasteiger partial charge is 0.334 e. The number of anilines is 1. The summed E-state index contributed by atoms with van der Waals surface area (Å²) >= 11 is 0. The summed E-state index contributed by atoms with van der Waals surface area (Å²) in [5.41, 5.74) is 1.19. The maximum atomic E-state index is 13.7. The lowest BCUT2D eigenvalue weighted by Gasteiger charge is -2.43. The van der Waals surface area contributed by atoms with Crippen LogP contribution in [0.25, 0.3) is 0 Å². The second-order valence-corrected chi connectivity index (χ2v) is 8.70. The van der Waals surface area contributed by atoms with Gasteiger partial charge in [-0.3, -0.25) is 4.79 Å². The summed E-state index contributed by atoms with van der Waals surface area (Å²) in [4.78, 5) is 30.5. The van der Waals surface area contributed by atoms with Gasteiger partial charge in [-0.05, 0) is 61.9 Å². The quantitative estimate of drug-likeness (QED) is 0.833. The van der Waals surface area contributed by atoms with Crippen molar-refractivity contribution in [3.8, 4) is 0 Å². The molecule has 1 spiro atoms. The number of benzene rings is 2. The maximum Gasteiger partial charge on any atom is 0.318 e. The minimum atomic E-state index is -0.479. The molecule has 3 fully saturated rings. The number of carbonyl (C=O) groups excluding carboxylic acids is 2. The Hall–Kier alpha value is -2.89. The van der Waals surface area contributed by atoms with Gasteiger partial charge in [0.25, 0.3) is 0 Å². The van der Waals surface area contributed by atoms with Crippen molar-refractivity contribution in [3.63, 3.8) is 0 Å². The molecule has 3 heterocycles. The first-order chi connectivity index (χ1) is 14.6. The minimum absolute atomic E-state index is 0.0611. The molecule has 2 unspecified atom stereocenters. The van der Waals surface area contributed by atoms with Crippen LogP contribution in [0, 0.1) is 11.2 Å². The Morgan fingerprint density at radius 1 is 1.13 bits per heavy atom. The van der Waals surface area contributed by atoms with Crippen molar-refractivity contribution in [2.24, 2.45) is 5.41 Å². The van der Waals surface area contributed by atoms with E-state index in [0.717, 1.165) is 49.9 Å². The zero-order chi connectivity index (χ0) is 20.7. The van der Waals surface area contributed by atoms with Crippen molar-refractivity contribution < 1.29 is 14.0 Å². The zero-order valence-corrected chi connectivity index (χ0v) is 16.9. The lowest BCUT2D eigenvalue weighted by molar-refractivity contribution is -0.132. The predicted octanol–water partition coefficient (Wildman–Crippen LogP) is 4.09. The third-order valence-electron chi connectivity index (χ3n) is 7.05. The van der Waals surface area contributed by atoms with E-state index < -0.39 is 5.41 Å². The van der Waals surface area contributed by atoms with Gasteiger partial charge in [0, 0.05) is 30.9 Å². The molecule has 0 radical (unpaired) electrons. The van der Waals surface area contributed by atoms with Crippen molar-refractivity contribution in [1.82, 2.24) is 10.2 Å². The number of hydrogen-bond acceptors (Lipinski definition) is 2. The summed E-state index contributed by atoms with van der Waals surface area (Å²) in [6, 6.07) is 16.0. The number of para-hydroxylation sites is 1. The van der Waals surface area contributed by atoms with E-state index in [4.69, 9.17) is 0 Å².